The number of fused-ring (bicyclic) bond motifs is 2. The van der Waals surface area contributed by atoms with Gasteiger partial charge in [-0.3, -0.25) is 4.79 Å². The van der Waals surface area contributed by atoms with E-state index in [-0.39, 0.29) is 11.9 Å². The average Bonchev–Trinajstić information content (AvgIpc) is 2.28. The topological polar surface area (TPSA) is 35.5 Å². The first-order valence-corrected chi connectivity index (χ1v) is 4.03. The molecule has 0 aromatic carbocycles. The maximum atomic E-state index is 10.9. The summed E-state index contributed by atoms with van der Waals surface area (Å²) in [7, 11) is 0. The second-order valence-corrected chi connectivity index (χ2v) is 3.47. The molecule has 4 heteroatoms. The van der Waals surface area contributed by atoms with Crippen molar-refractivity contribution in [2.45, 2.75) is 12.4 Å². The van der Waals surface area contributed by atoms with E-state index in [0.717, 1.165) is 3.58 Å². The summed E-state index contributed by atoms with van der Waals surface area (Å²) in [6, 6.07) is 0. The van der Waals surface area contributed by atoms with Gasteiger partial charge in [-0.15, -0.1) is 0 Å². The van der Waals surface area contributed by atoms with Gasteiger partial charge in [0, 0.05) is 3.58 Å². The van der Waals surface area contributed by atoms with Crippen LogP contribution in [0.2, 0.25) is 0 Å². The Bertz CT molecular complexity index is 211. The van der Waals surface area contributed by atoms with Gasteiger partial charge in [0.2, 0.25) is 12.1 Å². The first kappa shape index (κ1) is 6.75. The second kappa shape index (κ2) is 2.28. The molecule has 2 rings (SSSR count). The SMILES string of the molecule is O=C1C=C(I)[C@H]2CO[C@@H]1O2. The predicted octanol–water partition coefficient (Wildman–Crippen LogP) is 0.629. The van der Waals surface area contributed by atoms with Gasteiger partial charge in [-0.1, -0.05) is 0 Å². The van der Waals surface area contributed by atoms with Crippen LogP contribution in [0.4, 0.5) is 0 Å². The smallest absolute Gasteiger partial charge is 0.222 e. The van der Waals surface area contributed by atoms with Crippen molar-refractivity contribution in [1.82, 2.24) is 0 Å². The van der Waals surface area contributed by atoms with E-state index in [4.69, 9.17) is 9.47 Å². The van der Waals surface area contributed by atoms with E-state index < -0.39 is 6.29 Å². The quantitative estimate of drug-likeness (QED) is 0.593. The van der Waals surface area contributed by atoms with E-state index in [1.165, 1.54) is 0 Å². The van der Waals surface area contributed by atoms with Crippen LogP contribution in [-0.4, -0.2) is 24.8 Å². The van der Waals surface area contributed by atoms with Gasteiger partial charge >= 0.3 is 0 Å². The Labute approximate surface area is 71.5 Å². The highest BCUT2D eigenvalue weighted by atomic mass is 127. The van der Waals surface area contributed by atoms with Crippen LogP contribution in [0, 0.1) is 0 Å². The molecule has 0 aliphatic carbocycles. The Hall–Kier alpha value is 0.0600. The van der Waals surface area contributed by atoms with Crippen LogP contribution in [0.15, 0.2) is 9.66 Å². The molecule has 0 aromatic heterocycles. The Balaban J connectivity index is 2.33. The molecule has 0 amide bonds. The van der Waals surface area contributed by atoms with Crippen molar-refractivity contribution < 1.29 is 14.3 Å². The average molecular weight is 252 g/mol. The van der Waals surface area contributed by atoms with Gasteiger partial charge in [-0.05, 0) is 28.7 Å². The van der Waals surface area contributed by atoms with Crippen molar-refractivity contribution >= 4 is 28.4 Å². The summed E-state index contributed by atoms with van der Waals surface area (Å²) >= 11 is 2.10. The second-order valence-electron chi connectivity index (χ2n) is 2.22. The van der Waals surface area contributed by atoms with Crippen molar-refractivity contribution in [3.8, 4) is 0 Å². The number of carbonyl (C=O) groups is 1. The summed E-state index contributed by atoms with van der Waals surface area (Å²) in [4.78, 5) is 10.9. The Kier molecular flexibility index (Phi) is 1.54. The molecular weight excluding hydrogens is 247 g/mol. The minimum Gasteiger partial charge on any atom is -0.343 e. The number of halogens is 1. The third-order valence-electron chi connectivity index (χ3n) is 1.51. The van der Waals surface area contributed by atoms with Gasteiger partial charge in [-0.2, -0.15) is 0 Å². The highest BCUT2D eigenvalue weighted by Gasteiger charge is 2.36. The molecule has 0 saturated carbocycles. The number of hydrogen-bond acceptors (Lipinski definition) is 3. The summed E-state index contributed by atoms with van der Waals surface area (Å²) in [6.07, 6.45) is 0.999. The molecule has 0 N–H and O–H groups in total. The van der Waals surface area contributed by atoms with E-state index in [9.17, 15) is 4.79 Å². The zero-order valence-corrected chi connectivity index (χ0v) is 7.20. The molecule has 2 atom stereocenters. The van der Waals surface area contributed by atoms with Crippen LogP contribution in [0.25, 0.3) is 0 Å². The molecule has 2 aliphatic heterocycles. The zero-order chi connectivity index (χ0) is 7.14. The number of ketones is 1. The molecule has 2 heterocycles. The molecule has 0 radical (unpaired) electrons. The standard InChI is InChI=1S/C6H5IO3/c7-3-1-4(8)6-9-2-5(3)10-6/h1,5-6H,2H2/t5-,6-/m1/s1. The van der Waals surface area contributed by atoms with Gasteiger partial charge in [0.05, 0.1) is 6.61 Å². The summed E-state index contributed by atoms with van der Waals surface area (Å²) in [5.41, 5.74) is 0. The summed E-state index contributed by atoms with van der Waals surface area (Å²) in [5, 5.41) is 0. The number of rotatable bonds is 0. The summed E-state index contributed by atoms with van der Waals surface area (Å²) < 4.78 is 11.1. The maximum Gasteiger partial charge on any atom is 0.222 e. The first-order chi connectivity index (χ1) is 4.77. The van der Waals surface area contributed by atoms with Gasteiger partial charge in [0.1, 0.15) is 6.10 Å². The molecule has 0 spiro atoms. The van der Waals surface area contributed by atoms with Crippen LogP contribution in [0.5, 0.6) is 0 Å². The molecule has 3 nitrogen and oxygen atoms in total. The van der Waals surface area contributed by atoms with Crippen molar-refractivity contribution in [2.24, 2.45) is 0 Å². The van der Waals surface area contributed by atoms with Gasteiger partial charge in [0.25, 0.3) is 0 Å². The van der Waals surface area contributed by atoms with Crippen molar-refractivity contribution in [2.75, 3.05) is 6.61 Å². The van der Waals surface area contributed by atoms with Crippen LogP contribution in [-0.2, 0) is 14.3 Å². The predicted molar refractivity (Wildman–Crippen MR) is 41.7 cm³/mol. The largest absolute Gasteiger partial charge is 0.343 e. The van der Waals surface area contributed by atoms with Gasteiger partial charge in [-0.25, -0.2) is 0 Å². The summed E-state index contributed by atoms with van der Waals surface area (Å²) in [5.74, 6) is -0.0712. The monoisotopic (exact) mass is 252 g/mol. The number of carbonyl (C=O) groups excluding carboxylic acids is 1. The van der Waals surface area contributed by atoms with E-state index in [1.54, 1.807) is 6.08 Å². The lowest BCUT2D eigenvalue weighted by molar-refractivity contribution is -0.141. The number of ether oxygens (including phenoxy) is 2. The van der Waals surface area contributed by atoms with Gasteiger partial charge < -0.3 is 9.47 Å². The minimum absolute atomic E-state index is 0.0169. The molecular formula is C6H5IO3. The van der Waals surface area contributed by atoms with E-state index in [0.29, 0.717) is 6.61 Å². The normalized spacial score (nSPS) is 38.1. The van der Waals surface area contributed by atoms with E-state index in [2.05, 4.69) is 22.6 Å². The van der Waals surface area contributed by atoms with Crippen molar-refractivity contribution in [1.29, 1.82) is 0 Å². The number of hydrogen-bond donors (Lipinski definition) is 0. The lowest BCUT2D eigenvalue weighted by atomic mass is 10.2. The molecule has 0 unspecified atom stereocenters. The lowest BCUT2D eigenvalue weighted by Gasteiger charge is -2.13. The fourth-order valence-electron chi connectivity index (χ4n) is 0.993. The van der Waals surface area contributed by atoms with Crippen LogP contribution >= 0.6 is 22.6 Å². The molecule has 2 aliphatic rings. The molecule has 1 saturated heterocycles. The summed E-state index contributed by atoms with van der Waals surface area (Å²) in [6.45, 7) is 0.519. The highest BCUT2D eigenvalue weighted by Crippen LogP contribution is 2.28. The Morgan fingerprint density at radius 3 is 3.30 bits per heavy atom. The van der Waals surface area contributed by atoms with E-state index in [1.807, 2.05) is 0 Å². The first-order valence-electron chi connectivity index (χ1n) is 2.95. The van der Waals surface area contributed by atoms with Crippen molar-refractivity contribution in [3.63, 3.8) is 0 Å². The van der Waals surface area contributed by atoms with Crippen LogP contribution in [0.3, 0.4) is 0 Å². The third-order valence-corrected chi connectivity index (χ3v) is 2.51. The highest BCUT2D eigenvalue weighted by molar-refractivity contribution is 14.1. The molecule has 10 heavy (non-hydrogen) atoms. The van der Waals surface area contributed by atoms with E-state index >= 15 is 0 Å². The minimum atomic E-state index is -0.608. The van der Waals surface area contributed by atoms with Crippen LogP contribution < -0.4 is 0 Å². The fourth-order valence-corrected chi connectivity index (χ4v) is 1.63. The molecule has 54 valence electrons. The Morgan fingerprint density at radius 1 is 1.70 bits per heavy atom. The van der Waals surface area contributed by atoms with Crippen molar-refractivity contribution in [3.05, 3.63) is 9.66 Å². The molecule has 0 aromatic rings. The molecule has 1 fully saturated rings. The van der Waals surface area contributed by atoms with Gasteiger partial charge in [0.15, 0.2) is 0 Å². The fraction of sp³-hybridized carbons (Fsp3) is 0.500. The Morgan fingerprint density at radius 2 is 2.50 bits per heavy atom. The zero-order valence-electron chi connectivity index (χ0n) is 5.04. The molecule has 2 bridgehead atoms. The third kappa shape index (κ3) is 0.906. The lowest BCUT2D eigenvalue weighted by Crippen LogP contribution is -2.25. The van der Waals surface area contributed by atoms with Crippen LogP contribution in [0.1, 0.15) is 0 Å². The maximum absolute atomic E-state index is 10.9.